The number of nitrogens with zero attached hydrogens (tertiary/aromatic N) is 1. The van der Waals surface area contributed by atoms with Gasteiger partial charge in [0.1, 0.15) is 5.71 Å². The molecule has 0 aromatic carbocycles. The van der Waals surface area contributed by atoms with Gasteiger partial charge in [0.15, 0.2) is 0 Å². The molecule has 3 heteroatoms. The summed E-state index contributed by atoms with van der Waals surface area (Å²) >= 11 is 0. The van der Waals surface area contributed by atoms with Crippen molar-refractivity contribution in [2.75, 3.05) is 0 Å². The third-order valence-corrected chi connectivity index (χ3v) is 1.65. The molecule has 0 aliphatic carbocycles. The Morgan fingerprint density at radius 2 is 2.55 bits per heavy atom. The van der Waals surface area contributed by atoms with E-state index in [4.69, 9.17) is 5.11 Å². The first-order valence-corrected chi connectivity index (χ1v) is 3.74. The second kappa shape index (κ2) is 3.32. The zero-order chi connectivity index (χ0) is 8.27. The fourth-order valence-electron chi connectivity index (χ4n) is 1.03. The van der Waals surface area contributed by atoms with E-state index in [0.29, 0.717) is 12.1 Å². The van der Waals surface area contributed by atoms with E-state index in [1.165, 1.54) is 0 Å². The molecule has 60 valence electrons. The molecule has 0 fully saturated rings. The van der Waals surface area contributed by atoms with Gasteiger partial charge in [-0.05, 0) is 12.8 Å². The summed E-state index contributed by atoms with van der Waals surface area (Å²) in [5, 5.41) is 8.59. The van der Waals surface area contributed by atoms with E-state index >= 15 is 0 Å². The molecule has 0 radical (unpaired) electrons. The van der Waals surface area contributed by atoms with Crippen molar-refractivity contribution >= 4 is 11.7 Å². The van der Waals surface area contributed by atoms with Gasteiger partial charge < -0.3 is 5.11 Å². The SMILES string of the molecule is CCC1=CCCC(C(=O)O)=N1. The predicted molar refractivity (Wildman–Crippen MR) is 42.7 cm³/mol. The summed E-state index contributed by atoms with van der Waals surface area (Å²) in [6.07, 6.45) is 4.19. The first-order valence-electron chi connectivity index (χ1n) is 3.74. The van der Waals surface area contributed by atoms with Crippen LogP contribution in [0.2, 0.25) is 0 Å². The lowest BCUT2D eigenvalue weighted by atomic mass is 10.1. The summed E-state index contributed by atoms with van der Waals surface area (Å²) in [5.74, 6) is -0.885. The molecule has 0 spiro atoms. The van der Waals surface area contributed by atoms with Crippen molar-refractivity contribution < 1.29 is 9.90 Å². The Balaban J connectivity index is 2.76. The molecule has 0 unspecified atom stereocenters. The standard InChI is InChI=1S/C8H11NO2/c1-2-6-4-3-5-7(9-6)8(10)11/h4H,2-3,5H2,1H3,(H,10,11). The summed E-state index contributed by atoms with van der Waals surface area (Å²) in [7, 11) is 0. The minimum absolute atomic E-state index is 0.296. The second-order valence-electron chi connectivity index (χ2n) is 2.45. The van der Waals surface area contributed by atoms with Gasteiger partial charge in [0.05, 0.1) is 0 Å². The molecule has 1 heterocycles. The Morgan fingerprint density at radius 1 is 1.82 bits per heavy atom. The van der Waals surface area contributed by atoms with Crippen LogP contribution in [0.15, 0.2) is 16.8 Å². The van der Waals surface area contributed by atoms with Crippen molar-refractivity contribution in [3.05, 3.63) is 11.8 Å². The molecule has 0 atom stereocenters. The van der Waals surface area contributed by atoms with Crippen molar-refractivity contribution in [2.45, 2.75) is 26.2 Å². The molecule has 0 saturated heterocycles. The average Bonchev–Trinajstić information content (AvgIpc) is 2.05. The molecule has 0 aromatic heterocycles. The van der Waals surface area contributed by atoms with Crippen LogP contribution >= 0.6 is 0 Å². The first-order chi connectivity index (χ1) is 5.24. The lowest BCUT2D eigenvalue weighted by Crippen LogP contribution is -2.14. The zero-order valence-electron chi connectivity index (χ0n) is 6.50. The lowest BCUT2D eigenvalue weighted by molar-refractivity contribution is -0.129. The normalized spacial score (nSPS) is 17.2. The van der Waals surface area contributed by atoms with Gasteiger partial charge in [-0.2, -0.15) is 0 Å². The van der Waals surface area contributed by atoms with Gasteiger partial charge in [-0.15, -0.1) is 0 Å². The highest BCUT2D eigenvalue weighted by molar-refractivity contribution is 6.36. The number of hydrogen-bond donors (Lipinski definition) is 1. The average molecular weight is 153 g/mol. The third-order valence-electron chi connectivity index (χ3n) is 1.65. The lowest BCUT2D eigenvalue weighted by Gasteiger charge is -2.07. The fourth-order valence-corrected chi connectivity index (χ4v) is 1.03. The number of hydrogen-bond acceptors (Lipinski definition) is 2. The topological polar surface area (TPSA) is 49.7 Å². The summed E-state index contributed by atoms with van der Waals surface area (Å²) < 4.78 is 0. The number of carboxylic acids is 1. The van der Waals surface area contributed by atoms with Crippen LogP contribution in [0.25, 0.3) is 0 Å². The van der Waals surface area contributed by atoms with Crippen LogP contribution in [-0.4, -0.2) is 16.8 Å². The van der Waals surface area contributed by atoms with Crippen molar-refractivity contribution in [3.8, 4) is 0 Å². The minimum atomic E-state index is -0.885. The molecule has 0 aromatic rings. The summed E-state index contributed by atoms with van der Waals surface area (Å²) in [6, 6.07) is 0. The van der Waals surface area contributed by atoms with Crippen LogP contribution in [0.5, 0.6) is 0 Å². The molecule has 3 nitrogen and oxygen atoms in total. The summed E-state index contributed by atoms with van der Waals surface area (Å²) in [4.78, 5) is 14.4. The molecule has 1 aliphatic rings. The molecular formula is C8H11NO2. The van der Waals surface area contributed by atoms with Gasteiger partial charge in [-0.3, -0.25) is 4.99 Å². The van der Waals surface area contributed by atoms with Crippen molar-refractivity contribution in [2.24, 2.45) is 4.99 Å². The first kappa shape index (κ1) is 7.98. The molecular weight excluding hydrogens is 142 g/mol. The number of rotatable bonds is 2. The summed E-state index contributed by atoms with van der Waals surface area (Å²) in [6.45, 7) is 1.97. The van der Waals surface area contributed by atoms with E-state index in [2.05, 4.69) is 4.99 Å². The predicted octanol–water partition coefficient (Wildman–Crippen LogP) is 1.60. The third kappa shape index (κ3) is 1.90. The Hall–Kier alpha value is -1.12. The van der Waals surface area contributed by atoms with Crippen LogP contribution in [0.1, 0.15) is 26.2 Å². The highest BCUT2D eigenvalue weighted by atomic mass is 16.4. The Kier molecular flexibility index (Phi) is 2.41. The second-order valence-corrected chi connectivity index (χ2v) is 2.45. The quantitative estimate of drug-likeness (QED) is 0.655. The largest absolute Gasteiger partial charge is 0.477 e. The summed E-state index contributed by atoms with van der Waals surface area (Å²) in [5.41, 5.74) is 1.19. The zero-order valence-corrected chi connectivity index (χ0v) is 6.50. The maximum Gasteiger partial charge on any atom is 0.350 e. The molecule has 0 bridgehead atoms. The van der Waals surface area contributed by atoms with Crippen LogP contribution in [-0.2, 0) is 4.79 Å². The molecule has 0 saturated carbocycles. The van der Waals surface area contributed by atoms with Crippen LogP contribution in [0.4, 0.5) is 0 Å². The van der Waals surface area contributed by atoms with Gasteiger partial charge in [-0.1, -0.05) is 13.0 Å². The van der Waals surface area contributed by atoms with Crippen LogP contribution in [0, 0.1) is 0 Å². The highest BCUT2D eigenvalue weighted by Gasteiger charge is 2.12. The molecule has 1 rings (SSSR count). The van der Waals surface area contributed by atoms with E-state index in [-0.39, 0.29) is 0 Å². The van der Waals surface area contributed by atoms with E-state index in [1.54, 1.807) is 0 Å². The minimum Gasteiger partial charge on any atom is -0.477 e. The molecule has 1 aliphatic heterocycles. The van der Waals surface area contributed by atoms with Gasteiger partial charge in [0, 0.05) is 12.1 Å². The number of aliphatic carboxylic acids is 1. The monoisotopic (exact) mass is 153 g/mol. The van der Waals surface area contributed by atoms with Gasteiger partial charge in [-0.25, -0.2) is 4.79 Å². The Bertz CT molecular complexity index is 228. The van der Waals surface area contributed by atoms with Crippen molar-refractivity contribution in [3.63, 3.8) is 0 Å². The maximum atomic E-state index is 10.5. The van der Waals surface area contributed by atoms with Crippen molar-refractivity contribution in [1.29, 1.82) is 0 Å². The van der Waals surface area contributed by atoms with E-state index in [1.807, 2.05) is 13.0 Å². The Labute approximate surface area is 65.4 Å². The van der Waals surface area contributed by atoms with Crippen LogP contribution < -0.4 is 0 Å². The number of carboxylic acid groups (broad SMARTS) is 1. The highest BCUT2D eigenvalue weighted by Crippen LogP contribution is 2.13. The molecule has 0 amide bonds. The Morgan fingerprint density at radius 3 is 3.09 bits per heavy atom. The van der Waals surface area contributed by atoms with Gasteiger partial charge in [0.2, 0.25) is 0 Å². The number of carbonyl (C=O) groups is 1. The van der Waals surface area contributed by atoms with E-state index in [9.17, 15) is 4.79 Å². The fraction of sp³-hybridized carbons (Fsp3) is 0.500. The van der Waals surface area contributed by atoms with E-state index < -0.39 is 5.97 Å². The number of allylic oxidation sites excluding steroid dienone is 2. The maximum absolute atomic E-state index is 10.5. The van der Waals surface area contributed by atoms with E-state index in [0.717, 1.165) is 18.5 Å². The van der Waals surface area contributed by atoms with Gasteiger partial charge >= 0.3 is 5.97 Å². The van der Waals surface area contributed by atoms with Crippen LogP contribution in [0.3, 0.4) is 0 Å². The van der Waals surface area contributed by atoms with Crippen molar-refractivity contribution in [1.82, 2.24) is 0 Å². The molecule has 11 heavy (non-hydrogen) atoms. The van der Waals surface area contributed by atoms with Gasteiger partial charge in [0.25, 0.3) is 0 Å². The number of aliphatic imine (C=N–C) groups is 1. The molecule has 1 N–H and O–H groups in total. The smallest absolute Gasteiger partial charge is 0.350 e.